The van der Waals surface area contributed by atoms with Crippen LogP contribution in [-0.4, -0.2) is 37.9 Å². The molecule has 378 valence electrons. The fourth-order valence-corrected chi connectivity index (χ4v) is 7.51. The maximum atomic E-state index is 12.8. The van der Waals surface area contributed by atoms with Crippen molar-refractivity contribution in [2.45, 2.75) is 258 Å². The number of ether oxygens (including phenoxy) is 3. The van der Waals surface area contributed by atoms with Crippen molar-refractivity contribution in [1.82, 2.24) is 0 Å². The van der Waals surface area contributed by atoms with Crippen molar-refractivity contribution in [2.75, 3.05) is 19.8 Å². The molecular formula is C61H104O5. The number of carbonyl (C=O) groups excluding carboxylic acids is 2. The smallest absolute Gasteiger partial charge is 0.306 e. The lowest BCUT2D eigenvalue weighted by atomic mass is 10.1. The number of allylic oxidation sites excluding steroid dienone is 16. The molecular weight excluding hydrogens is 813 g/mol. The van der Waals surface area contributed by atoms with Crippen molar-refractivity contribution in [3.8, 4) is 0 Å². The van der Waals surface area contributed by atoms with E-state index in [1.807, 2.05) is 0 Å². The summed E-state index contributed by atoms with van der Waals surface area (Å²) in [6.07, 6.45) is 75.7. The van der Waals surface area contributed by atoms with Gasteiger partial charge in [-0.25, -0.2) is 0 Å². The van der Waals surface area contributed by atoms with Gasteiger partial charge in [-0.05, 0) is 116 Å². The molecule has 0 N–H and O–H groups in total. The molecule has 0 radical (unpaired) electrons. The number of carbonyl (C=O) groups is 2. The van der Waals surface area contributed by atoms with Crippen molar-refractivity contribution in [3.05, 3.63) is 97.2 Å². The minimum Gasteiger partial charge on any atom is -0.462 e. The molecule has 0 fully saturated rings. The van der Waals surface area contributed by atoms with Gasteiger partial charge < -0.3 is 14.2 Å². The van der Waals surface area contributed by atoms with E-state index in [-0.39, 0.29) is 25.2 Å². The summed E-state index contributed by atoms with van der Waals surface area (Å²) >= 11 is 0. The van der Waals surface area contributed by atoms with Crippen LogP contribution < -0.4 is 0 Å². The van der Waals surface area contributed by atoms with Crippen molar-refractivity contribution in [2.24, 2.45) is 0 Å². The molecule has 0 spiro atoms. The first-order chi connectivity index (χ1) is 32.6. The van der Waals surface area contributed by atoms with Crippen LogP contribution in [0.25, 0.3) is 0 Å². The van der Waals surface area contributed by atoms with Crippen LogP contribution in [0.3, 0.4) is 0 Å². The first-order valence-electron chi connectivity index (χ1n) is 27.8. The van der Waals surface area contributed by atoms with E-state index < -0.39 is 6.10 Å². The Labute approximate surface area is 409 Å². The molecule has 0 aromatic carbocycles. The fraction of sp³-hybridized carbons (Fsp3) is 0.705. The van der Waals surface area contributed by atoms with Crippen molar-refractivity contribution >= 4 is 11.9 Å². The van der Waals surface area contributed by atoms with Gasteiger partial charge in [-0.2, -0.15) is 0 Å². The summed E-state index contributed by atoms with van der Waals surface area (Å²) in [6, 6.07) is 0. The van der Waals surface area contributed by atoms with Gasteiger partial charge in [0.15, 0.2) is 6.10 Å². The van der Waals surface area contributed by atoms with Crippen LogP contribution >= 0.6 is 0 Å². The van der Waals surface area contributed by atoms with Gasteiger partial charge in [0.1, 0.15) is 6.61 Å². The average molecular weight is 917 g/mol. The summed E-state index contributed by atoms with van der Waals surface area (Å²) < 4.78 is 17.4. The Bertz CT molecular complexity index is 1270. The molecule has 0 aromatic heterocycles. The number of esters is 2. The van der Waals surface area contributed by atoms with Crippen LogP contribution in [0.15, 0.2) is 97.2 Å². The summed E-state index contributed by atoms with van der Waals surface area (Å²) in [5, 5.41) is 0. The quantitative estimate of drug-likeness (QED) is 0.0346. The number of hydrogen-bond acceptors (Lipinski definition) is 5. The van der Waals surface area contributed by atoms with E-state index in [9.17, 15) is 9.59 Å². The van der Waals surface area contributed by atoms with Crippen molar-refractivity contribution in [3.63, 3.8) is 0 Å². The molecule has 0 saturated carbocycles. The average Bonchev–Trinajstić information content (AvgIpc) is 3.32. The Morgan fingerprint density at radius 1 is 0.348 bits per heavy atom. The van der Waals surface area contributed by atoms with Gasteiger partial charge in [-0.1, -0.05) is 221 Å². The molecule has 0 amide bonds. The van der Waals surface area contributed by atoms with Gasteiger partial charge >= 0.3 is 11.9 Å². The Morgan fingerprint density at radius 3 is 1.12 bits per heavy atom. The van der Waals surface area contributed by atoms with Gasteiger partial charge in [0.25, 0.3) is 0 Å². The lowest BCUT2D eigenvalue weighted by molar-refractivity contribution is -0.163. The molecule has 0 aromatic rings. The van der Waals surface area contributed by atoms with E-state index in [0.717, 1.165) is 109 Å². The zero-order chi connectivity index (χ0) is 47.7. The summed E-state index contributed by atoms with van der Waals surface area (Å²) in [5.41, 5.74) is 0. The summed E-state index contributed by atoms with van der Waals surface area (Å²) in [5.74, 6) is -0.442. The van der Waals surface area contributed by atoms with Gasteiger partial charge in [0.2, 0.25) is 0 Å². The zero-order valence-electron chi connectivity index (χ0n) is 43.4. The fourth-order valence-electron chi connectivity index (χ4n) is 7.51. The highest BCUT2D eigenvalue weighted by Gasteiger charge is 2.17. The molecule has 5 nitrogen and oxygen atoms in total. The highest BCUT2D eigenvalue weighted by Crippen LogP contribution is 2.14. The maximum Gasteiger partial charge on any atom is 0.306 e. The van der Waals surface area contributed by atoms with Crippen LogP contribution in [0.4, 0.5) is 0 Å². The summed E-state index contributed by atoms with van der Waals surface area (Å²) in [4.78, 5) is 25.5. The van der Waals surface area contributed by atoms with Gasteiger partial charge in [0.05, 0.1) is 6.61 Å². The predicted octanol–water partition coefficient (Wildman–Crippen LogP) is 19.0. The second-order valence-electron chi connectivity index (χ2n) is 18.1. The Kier molecular flexibility index (Phi) is 53.4. The summed E-state index contributed by atoms with van der Waals surface area (Å²) in [7, 11) is 0. The van der Waals surface area contributed by atoms with Gasteiger partial charge in [-0.15, -0.1) is 0 Å². The molecule has 0 rings (SSSR count). The van der Waals surface area contributed by atoms with Crippen LogP contribution in [0.2, 0.25) is 0 Å². The predicted molar refractivity (Wildman–Crippen MR) is 288 cm³/mol. The number of rotatable bonds is 50. The second-order valence-corrected chi connectivity index (χ2v) is 18.1. The van der Waals surface area contributed by atoms with Crippen LogP contribution in [-0.2, 0) is 23.8 Å². The first kappa shape index (κ1) is 62.8. The molecule has 5 heteroatoms. The van der Waals surface area contributed by atoms with E-state index in [4.69, 9.17) is 14.2 Å². The SMILES string of the molecule is CC/C=C\C/C=C\C/C=C\C/C=C\CCCCCCCCCOCC(COC(=O)CCCCCCCCC/C=C\CCCCCCCC)OC(=O)CCCCC/C=C\C/C=C\C/C=C\CC. The third-order valence-electron chi connectivity index (χ3n) is 11.6. The first-order valence-corrected chi connectivity index (χ1v) is 27.8. The van der Waals surface area contributed by atoms with Crippen molar-refractivity contribution in [1.29, 1.82) is 0 Å². The highest BCUT2D eigenvalue weighted by molar-refractivity contribution is 5.70. The second kappa shape index (κ2) is 56.1. The maximum absolute atomic E-state index is 12.8. The summed E-state index contributed by atoms with van der Waals surface area (Å²) in [6.45, 7) is 7.55. The van der Waals surface area contributed by atoms with Crippen LogP contribution in [0.1, 0.15) is 252 Å². The molecule has 0 aliphatic heterocycles. The Morgan fingerprint density at radius 2 is 0.682 bits per heavy atom. The lowest BCUT2D eigenvalue weighted by Crippen LogP contribution is -2.30. The molecule has 66 heavy (non-hydrogen) atoms. The van der Waals surface area contributed by atoms with Gasteiger partial charge in [0, 0.05) is 19.4 Å². The van der Waals surface area contributed by atoms with Crippen LogP contribution in [0, 0.1) is 0 Å². The number of hydrogen-bond donors (Lipinski definition) is 0. The van der Waals surface area contributed by atoms with E-state index in [2.05, 4.69) is 118 Å². The van der Waals surface area contributed by atoms with E-state index in [0.29, 0.717) is 19.4 Å². The zero-order valence-corrected chi connectivity index (χ0v) is 43.4. The molecule has 0 aliphatic carbocycles. The van der Waals surface area contributed by atoms with E-state index in [1.54, 1.807) is 0 Å². The van der Waals surface area contributed by atoms with E-state index in [1.165, 1.54) is 109 Å². The molecule has 0 bridgehead atoms. The topological polar surface area (TPSA) is 61.8 Å². The standard InChI is InChI=1S/C61H104O5/c1-4-7-10-13-16-19-22-25-27-29-30-31-33-35-38-41-44-47-50-53-56-64-57-59(66-61(63)55-52-49-46-43-40-36-24-21-18-15-12-9-6-3)58-65-60(62)54-51-48-45-42-39-37-34-32-28-26-23-20-17-14-11-8-5-2/h7,9-10,12,16,18-19,21,25-28,30-31,36,40,59H,4-6,8,11,13-15,17,20,22-24,29,32-35,37-39,41-58H2,1-3H3/b10-7-,12-9-,19-16-,21-18-,27-25-,28-26-,31-30-,40-36-. The van der Waals surface area contributed by atoms with Crippen LogP contribution in [0.5, 0.6) is 0 Å². The Hall–Kier alpha value is -3.18. The largest absolute Gasteiger partial charge is 0.462 e. The molecule has 0 saturated heterocycles. The third kappa shape index (κ3) is 53.4. The molecule has 1 atom stereocenters. The minimum atomic E-state index is -0.564. The normalized spacial score (nSPS) is 13.0. The minimum absolute atomic E-state index is 0.0625. The van der Waals surface area contributed by atoms with Gasteiger partial charge in [-0.3, -0.25) is 9.59 Å². The molecule has 0 aliphatic rings. The van der Waals surface area contributed by atoms with E-state index >= 15 is 0 Å². The molecule has 1 unspecified atom stereocenters. The Balaban J connectivity index is 4.31. The third-order valence-corrected chi connectivity index (χ3v) is 11.6. The van der Waals surface area contributed by atoms with Crippen molar-refractivity contribution < 1.29 is 23.8 Å². The molecule has 0 heterocycles. The monoisotopic (exact) mass is 917 g/mol. The number of unbranched alkanes of at least 4 members (excludes halogenated alkanes) is 23. The highest BCUT2D eigenvalue weighted by atomic mass is 16.6. The lowest BCUT2D eigenvalue weighted by Gasteiger charge is -2.18.